The summed E-state index contributed by atoms with van der Waals surface area (Å²) in [6.07, 6.45) is 1.17. The number of thioether (sulfide) groups is 1. The van der Waals surface area contributed by atoms with Gasteiger partial charge >= 0.3 is 0 Å². The molecule has 0 aromatic heterocycles. The Morgan fingerprint density at radius 3 is 2.58 bits per heavy atom. The van der Waals surface area contributed by atoms with E-state index in [1.807, 2.05) is 23.9 Å². The Balaban J connectivity index is 1.87. The van der Waals surface area contributed by atoms with Crippen LogP contribution in [0.15, 0.2) is 29.2 Å². The molecule has 1 heterocycles. The molecule has 0 saturated carbocycles. The predicted molar refractivity (Wildman–Crippen MR) is 81.1 cm³/mol. The highest BCUT2D eigenvalue weighted by Crippen LogP contribution is 2.19. The van der Waals surface area contributed by atoms with Gasteiger partial charge in [-0.2, -0.15) is 0 Å². The van der Waals surface area contributed by atoms with Gasteiger partial charge in [-0.3, -0.25) is 9.69 Å². The first-order valence-electron chi connectivity index (χ1n) is 6.98. The van der Waals surface area contributed by atoms with Crippen molar-refractivity contribution >= 4 is 17.5 Å². The molecular formula is C15H22N2OS. The van der Waals surface area contributed by atoms with Crippen molar-refractivity contribution in [3.05, 3.63) is 29.8 Å². The van der Waals surface area contributed by atoms with Gasteiger partial charge in [-0.15, -0.1) is 11.8 Å². The first-order chi connectivity index (χ1) is 9.29. The van der Waals surface area contributed by atoms with Crippen LogP contribution in [-0.2, 0) is 0 Å². The van der Waals surface area contributed by atoms with Crippen molar-refractivity contribution in [2.24, 2.45) is 0 Å². The summed E-state index contributed by atoms with van der Waals surface area (Å²) in [5, 5.41) is 3.30. The fraction of sp³-hybridized carbons (Fsp3) is 0.533. The number of benzene rings is 1. The number of carbonyl (C=O) groups excluding carboxylic acids is 1. The zero-order valence-corrected chi connectivity index (χ0v) is 12.3. The zero-order valence-electron chi connectivity index (χ0n) is 11.5. The van der Waals surface area contributed by atoms with Crippen LogP contribution in [0.5, 0.6) is 0 Å². The zero-order chi connectivity index (χ0) is 13.5. The summed E-state index contributed by atoms with van der Waals surface area (Å²) in [7, 11) is 0. The molecule has 0 amide bonds. The largest absolute Gasteiger partial charge is 0.314 e. The predicted octanol–water partition coefficient (Wildman–Crippen LogP) is 2.28. The normalized spacial score (nSPS) is 16.5. The molecule has 0 radical (unpaired) electrons. The summed E-state index contributed by atoms with van der Waals surface area (Å²) < 4.78 is 0. The Kier molecular flexibility index (Phi) is 5.89. The number of Topliss-reactive ketones (excluding diaryl/α,β-unsaturated/α-hetero) is 1. The Morgan fingerprint density at radius 1 is 1.26 bits per heavy atom. The second-order valence-electron chi connectivity index (χ2n) is 4.82. The van der Waals surface area contributed by atoms with Gasteiger partial charge in [0.2, 0.25) is 0 Å². The molecule has 104 valence electrons. The molecule has 1 aliphatic heterocycles. The van der Waals surface area contributed by atoms with Gasteiger partial charge < -0.3 is 5.32 Å². The third kappa shape index (κ3) is 4.64. The topological polar surface area (TPSA) is 32.3 Å². The number of hydrogen-bond acceptors (Lipinski definition) is 4. The number of nitrogens with one attached hydrogen (secondary N) is 1. The number of rotatable bonds is 6. The fourth-order valence-corrected chi connectivity index (χ4v) is 2.89. The van der Waals surface area contributed by atoms with Crippen molar-refractivity contribution in [1.82, 2.24) is 10.2 Å². The van der Waals surface area contributed by atoms with Crippen molar-refractivity contribution in [3.63, 3.8) is 0 Å². The van der Waals surface area contributed by atoms with Crippen LogP contribution in [0, 0.1) is 0 Å². The van der Waals surface area contributed by atoms with E-state index in [2.05, 4.69) is 29.3 Å². The minimum atomic E-state index is 0.231. The summed E-state index contributed by atoms with van der Waals surface area (Å²) >= 11 is 1.85. The van der Waals surface area contributed by atoms with Crippen LogP contribution < -0.4 is 5.32 Å². The number of hydrogen-bond donors (Lipinski definition) is 1. The SMILES string of the molecule is CCCSc1ccc(C(=O)CN2CCNCC2)cc1. The second-order valence-corrected chi connectivity index (χ2v) is 5.99. The highest BCUT2D eigenvalue weighted by Gasteiger charge is 2.14. The summed E-state index contributed by atoms with van der Waals surface area (Å²) in [6.45, 7) is 6.63. The first-order valence-corrected chi connectivity index (χ1v) is 7.97. The maximum atomic E-state index is 12.2. The molecule has 2 rings (SSSR count). The van der Waals surface area contributed by atoms with E-state index in [0.29, 0.717) is 6.54 Å². The molecule has 0 spiro atoms. The lowest BCUT2D eigenvalue weighted by molar-refractivity contribution is 0.0921. The van der Waals surface area contributed by atoms with Crippen molar-refractivity contribution < 1.29 is 4.79 Å². The van der Waals surface area contributed by atoms with Crippen LogP contribution in [0.1, 0.15) is 23.7 Å². The molecule has 1 aromatic rings. The summed E-state index contributed by atoms with van der Waals surface area (Å²) in [5.74, 6) is 1.36. The maximum Gasteiger partial charge on any atom is 0.176 e. The van der Waals surface area contributed by atoms with Crippen molar-refractivity contribution in [2.75, 3.05) is 38.5 Å². The van der Waals surface area contributed by atoms with Gasteiger partial charge in [-0.05, 0) is 24.3 Å². The molecule has 19 heavy (non-hydrogen) atoms. The molecule has 3 nitrogen and oxygen atoms in total. The van der Waals surface area contributed by atoms with E-state index in [1.165, 1.54) is 11.3 Å². The van der Waals surface area contributed by atoms with Crippen LogP contribution in [0.4, 0.5) is 0 Å². The summed E-state index contributed by atoms with van der Waals surface area (Å²) in [4.78, 5) is 15.6. The molecule has 0 bridgehead atoms. The standard InChI is InChI=1S/C15H22N2OS/c1-2-11-19-14-5-3-13(4-6-14)15(18)12-17-9-7-16-8-10-17/h3-6,16H,2,7-12H2,1H3. The average molecular weight is 278 g/mol. The molecule has 1 fully saturated rings. The maximum absolute atomic E-state index is 12.2. The smallest absolute Gasteiger partial charge is 0.176 e. The highest BCUT2D eigenvalue weighted by molar-refractivity contribution is 7.99. The molecule has 4 heteroatoms. The van der Waals surface area contributed by atoms with E-state index in [9.17, 15) is 4.79 Å². The van der Waals surface area contributed by atoms with Gasteiger partial charge in [-0.1, -0.05) is 19.1 Å². The van der Waals surface area contributed by atoms with E-state index < -0.39 is 0 Å². The molecule has 1 aliphatic rings. The van der Waals surface area contributed by atoms with Gasteiger partial charge in [0.05, 0.1) is 6.54 Å². The molecule has 1 aromatic carbocycles. The minimum Gasteiger partial charge on any atom is -0.314 e. The molecule has 0 unspecified atom stereocenters. The number of ketones is 1. The van der Waals surface area contributed by atoms with E-state index in [0.717, 1.165) is 37.5 Å². The van der Waals surface area contributed by atoms with Gasteiger partial charge in [0.25, 0.3) is 0 Å². The second kappa shape index (κ2) is 7.68. The average Bonchev–Trinajstić information content (AvgIpc) is 2.46. The van der Waals surface area contributed by atoms with Crippen molar-refractivity contribution in [3.8, 4) is 0 Å². The Labute approximate surface area is 119 Å². The monoisotopic (exact) mass is 278 g/mol. The van der Waals surface area contributed by atoms with E-state index in [1.54, 1.807) is 0 Å². The Morgan fingerprint density at radius 2 is 1.95 bits per heavy atom. The van der Waals surface area contributed by atoms with Crippen LogP contribution in [0.3, 0.4) is 0 Å². The third-order valence-electron chi connectivity index (χ3n) is 3.23. The quantitative estimate of drug-likeness (QED) is 0.639. The van der Waals surface area contributed by atoms with E-state index in [-0.39, 0.29) is 5.78 Å². The van der Waals surface area contributed by atoms with Crippen LogP contribution in [0.25, 0.3) is 0 Å². The van der Waals surface area contributed by atoms with Crippen LogP contribution in [-0.4, -0.2) is 49.2 Å². The first kappa shape index (κ1) is 14.6. The number of nitrogens with zero attached hydrogens (tertiary/aromatic N) is 1. The summed E-state index contributed by atoms with van der Waals surface area (Å²) in [6, 6.07) is 8.04. The lowest BCUT2D eigenvalue weighted by atomic mass is 10.1. The van der Waals surface area contributed by atoms with Gasteiger partial charge in [0.15, 0.2) is 5.78 Å². The van der Waals surface area contributed by atoms with Crippen molar-refractivity contribution in [2.45, 2.75) is 18.2 Å². The highest BCUT2D eigenvalue weighted by atomic mass is 32.2. The lowest BCUT2D eigenvalue weighted by Crippen LogP contribution is -2.45. The molecule has 1 saturated heterocycles. The van der Waals surface area contributed by atoms with Gasteiger partial charge in [0.1, 0.15) is 0 Å². The van der Waals surface area contributed by atoms with Gasteiger partial charge in [-0.25, -0.2) is 0 Å². The lowest BCUT2D eigenvalue weighted by Gasteiger charge is -2.26. The minimum absolute atomic E-state index is 0.231. The Hall–Kier alpha value is -0.840. The number of carbonyl (C=O) groups is 1. The number of piperazine rings is 1. The van der Waals surface area contributed by atoms with E-state index >= 15 is 0 Å². The molecular weight excluding hydrogens is 256 g/mol. The Bertz CT molecular complexity index is 399. The summed E-state index contributed by atoms with van der Waals surface area (Å²) in [5.41, 5.74) is 0.833. The van der Waals surface area contributed by atoms with Gasteiger partial charge in [0, 0.05) is 36.6 Å². The molecule has 0 atom stereocenters. The third-order valence-corrected chi connectivity index (χ3v) is 4.44. The van der Waals surface area contributed by atoms with Crippen LogP contribution in [0.2, 0.25) is 0 Å². The molecule has 1 N–H and O–H groups in total. The van der Waals surface area contributed by atoms with E-state index in [4.69, 9.17) is 0 Å². The fourth-order valence-electron chi connectivity index (χ4n) is 2.12. The van der Waals surface area contributed by atoms with Crippen LogP contribution >= 0.6 is 11.8 Å². The molecule has 0 aliphatic carbocycles. The van der Waals surface area contributed by atoms with Crippen molar-refractivity contribution in [1.29, 1.82) is 0 Å².